The fraction of sp³-hybridized carbons (Fsp3) is 0.500. The molecule has 1 atom stereocenters. The predicted octanol–water partition coefficient (Wildman–Crippen LogP) is 2.23. The number of anilines is 1. The lowest BCUT2D eigenvalue weighted by atomic mass is 10.1. The zero-order chi connectivity index (χ0) is 13.0. The molecule has 0 bridgehead atoms. The lowest BCUT2D eigenvalue weighted by molar-refractivity contribution is -0.116. The third kappa shape index (κ3) is 3.70. The SMILES string of the molecule is CCn1cc(NC(=O)C(Br)C(C)C)ccc1=O. The molecule has 0 saturated carbocycles. The maximum atomic E-state index is 11.8. The van der Waals surface area contributed by atoms with E-state index in [1.807, 2.05) is 20.8 Å². The molecule has 1 aromatic rings. The summed E-state index contributed by atoms with van der Waals surface area (Å²) in [4.78, 5) is 22.9. The molecule has 0 spiro atoms. The normalized spacial score (nSPS) is 12.5. The van der Waals surface area contributed by atoms with E-state index in [1.165, 1.54) is 6.07 Å². The standard InChI is InChI=1S/C12H17BrN2O2/c1-4-15-7-9(5-6-10(15)16)14-12(17)11(13)8(2)3/h5-8,11H,4H2,1-3H3,(H,14,17). The number of rotatable bonds is 4. The van der Waals surface area contributed by atoms with Crippen LogP contribution in [0, 0.1) is 5.92 Å². The van der Waals surface area contributed by atoms with Crippen molar-refractivity contribution in [2.75, 3.05) is 5.32 Å². The highest BCUT2D eigenvalue weighted by Gasteiger charge is 2.18. The van der Waals surface area contributed by atoms with Crippen LogP contribution >= 0.6 is 15.9 Å². The fourth-order valence-corrected chi connectivity index (χ4v) is 1.48. The van der Waals surface area contributed by atoms with E-state index in [9.17, 15) is 9.59 Å². The Balaban J connectivity index is 2.82. The first-order valence-corrected chi connectivity index (χ1v) is 6.52. The highest BCUT2D eigenvalue weighted by atomic mass is 79.9. The van der Waals surface area contributed by atoms with Crippen LogP contribution in [0.4, 0.5) is 5.69 Å². The Kier molecular flexibility index (Phi) is 4.93. The first kappa shape index (κ1) is 14.0. The number of carbonyl (C=O) groups excluding carboxylic acids is 1. The summed E-state index contributed by atoms with van der Waals surface area (Å²) in [5.41, 5.74) is 0.575. The van der Waals surface area contributed by atoms with Crippen molar-refractivity contribution < 1.29 is 4.79 Å². The van der Waals surface area contributed by atoms with Crippen LogP contribution in [0.1, 0.15) is 20.8 Å². The molecule has 94 valence electrons. The molecule has 17 heavy (non-hydrogen) atoms. The van der Waals surface area contributed by atoms with E-state index in [1.54, 1.807) is 16.8 Å². The molecule has 0 radical (unpaired) electrons. The van der Waals surface area contributed by atoms with Gasteiger partial charge in [-0.05, 0) is 18.9 Å². The maximum absolute atomic E-state index is 11.8. The molecule has 0 fully saturated rings. The van der Waals surface area contributed by atoms with Crippen LogP contribution in [-0.4, -0.2) is 15.3 Å². The van der Waals surface area contributed by atoms with E-state index in [0.29, 0.717) is 12.2 Å². The molecule has 0 aliphatic heterocycles. The van der Waals surface area contributed by atoms with Gasteiger partial charge in [-0.25, -0.2) is 0 Å². The van der Waals surface area contributed by atoms with Gasteiger partial charge in [0.05, 0.1) is 10.5 Å². The molecule has 1 rings (SSSR count). The van der Waals surface area contributed by atoms with Gasteiger partial charge in [0, 0.05) is 18.8 Å². The molecule has 0 aliphatic carbocycles. The van der Waals surface area contributed by atoms with E-state index < -0.39 is 0 Å². The first-order valence-electron chi connectivity index (χ1n) is 5.61. The van der Waals surface area contributed by atoms with E-state index in [2.05, 4.69) is 21.2 Å². The van der Waals surface area contributed by atoms with Crippen molar-refractivity contribution >= 4 is 27.5 Å². The van der Waals surface area contributed by atoms with Crippen molar-refractivity contribution in [3.63, 3.8) is 0 Å². The minimum absolute atomic E-state index is 0.0650. The van der Waals surface area contributed by atoms with Gasteiger partial charge in [-0.1, -0.05) is 29.8 Å². The van der Waals surface area contributed by atoms with Crippen molar-refractivity contribution in [2.45, 2.75) is 32.1 Å². The van der Waals surface area contributed by atoms with Crippen molar-refractivity contribution in [1.29, 1.82) is 0 Å². The average molecular weight is 301 g/mol. The van der Waals surface area contributed by atoms with Crippen LogP contribution in [-0.2, 0) is 11.3 Å². The molecule has 0 aliphatic rings. The summed E-state index contributed by atoms with van der Waals surface area (Å²) < 4.78 is 1.55. The Hall–Kier alpha value is -1.10. The lowest BCUT2D eigenvalue weighted by Crippen LogP contribution is -2.28. The number of nitrogens with zero attached hydrogens (tertiary/aromatic N) is 1. The second-order valence-corrected chi connectivity index (χ2v) is 5.16. The molecular formula is C12H17BrN2O2. The van der Waals surface area contributed by atoms with Gasteiger partial charge in [-0.3, -0.25) is 9.59 Å². The molecule has 1 amide bonds. The van der Waals surface area contributed by atoms with Gasteiger partial charge in [-0.15, -0.1) is 0 Å². The van der Waals surface area contributed by atoms with E-state index in [-0.39, 0.29) is 22.2 Å². The van der Waals surface area contributed by atoms with Crippen molar-refractivity contribution in [3.8, 4) is 0 Å². The predicted molar refractivity (Wildman–Crippen MR) is 72.6 cm³/mol. The quantitative estimate of drug-likeness (QED) is 0.867. The number of aryl methyl sites for hydroxylation is 1. The fourth-order valence-electron chi connectivity index (χ4n) is 1.37. The van der Waals surface area contributed by atoms with Gasteiger partial charge in [0.25, 0.3) is 5.56 Å². The topological polar surface area (TPSA) is 51.1 Å². The molecule has 1 aromatic heterocycles. The number of pyridine rings is 1. The van der Waals surface area contributed by atoms with Gasteiger partial charge in [0.15, 0.2) is 0 Å². The Bertz CT molecular complexity index is 454. The van der Waals surface area contributed by atoms with Crippen LogP contribution in [0.15, 0.2) is 23.1 Å². The molecule has 0 aromatic carbocycles. The van der Waals surface area contributed by atoms with Crippen LogP contribution in [0.5, 0.6) is 0 Å². The van der Waals surface area contributed by atoms with E-state index in [4.69, 9.17) is 0 Å². The van der Waals surface area contributed by atoms with Gasteiger partial charge >= 0.3 is 0 Å². The zero-order valence-electron chi connectivity index (χ0n) is 10.2. The molecular weight excluding hydrogens is 284 g/mol. The molecule has 1 N–H and O–H groups in total. The Morgan fingerprint density at radius 1 is 1.47 bits per heavy atom. The molecule has 5 heteroatoms. The second-order valence-electron chi connectivity index (χ2n) is 4.18. The molecule has 4 nitrogen and oxygen atoms in total. The first-order chi connectivity index (χ1) is 7.95. The van der Waals surface area contributed by atoms with Crippen LogP contribution in [0.25, 0.3) is 0 Å². The Morgan fingerprint density at radius 2 is 2.12 bits per heavy atom. The molecule has 1 heterocycles. The zero-order valence-corrected chi connectivity index (χ0v) is 11.8. The summed E-state index contributed by atoms with van der Waals surface area (Å²) in [7, 11) is 0. The number of alkyl halides is 1. The summed E-state index contributed by atoms with van der Waals surface area (Å²) >= 11 is 3.33. The number of amides is 1. The Morgan fingerprint density at radius 3 is 2.65 bits per heavy atom. The third-order valence-corrected chi connectivity index (χ3v) is 3.90. The number of halogens is 1. The maximum Gasteiger partial charge on any atom is 0.250 e. The largest absolute Gasteiger partial charge is 0.324 e. The van der Waals surface area contributed by atoms with Crippen LogP contribution in [0.3, 0.4) is 0 Å². The van der Waals surface area contributed by atoms with Crippen LogP contribution in [0.2, 0.25) is 0 Å². The minimum Gasteiger partial charge on any atom is -0.324 e. The number of carbonyl (C=O) groups is 1. The summed E-state index contributed by atoms with van der Waals surface area (Å²) in [6.07, 6.45) is 1.65. The second kappa shape index (κ2) is 6.00. The minimum atomic E-state index is -0.232. The third-order valence-electron chi connectivity index (χ3n) is 2.43. The van der Waals surface area contributed by atoms with E-state index in [0.717, 1.165) is 0 Å². The smallest absolute Gasteiger partial charge is 0.250 e. The van der Waals surface area contributed by atoms with Crippen LogP contribution < -0.4 is 10.9 Å². The number of aromatic nitrogens is 1. The Labute approximate surface area is 109 Å². The molecule has 0 saturated heterocycles. The van der Waals surface area contributed by atoms with Gasteiger partial charge in [0.1, 0.15) is 0 Å². The van der Waals surface area contributed by atoms with Gasteiger partial charge in [-0.2, -0.15) is 0 Å². The van der Waals surface area contributed by atoms with E-state index >= 15 is 0 Å². The average Bonchev–Trinajstić information content (AvgIpc) is 2.30. The van der Waals surface area contributed by atoms with Crippen molar-refractivity contribution in [1.82, 2.24) is 4.57 Å². The summed E-state index contributed by atoms with van der Waals surface area (Å²) in [5, 5.41) is 2.78. The number of nitrogens with one attached hydrogen (secondary N) is 1. The summed E-state index contributed by atoms with van der Waals surface area (Å²) in [6.45, 7) is 6.40. The number of hydrogen-bond acceptors (Lipinski definition) is 2. The van der Waals surface area contributed by atoms with Crippen molar-refractivity contribution in [2.24, 2.45) is 5.92 Å². The monoisotopic (exact) mass is 300 g/mol. The summed E-state index contributed by atoms with van der Waals surface area (Å²) in [5.74, 6) is 0.119. The van der Waals surface area contributed by atoms with Crippen molar-refractivity contribution in [3.05, 3.63) is 28.7 Å². The van der Waals surface area contributed by atoms with Gasteiger partial charge in [0.2, 0.25) is 5.91 Å². The lowest BCUT2D eigenvalue weighted by Gasteiger charge is -2.14. The number of hydrogen-bond donors (Lipinski definition) is 1. The highest BCUT2D eigenvalue weighted by Crippen LogP contribution is 2.14. The summed E-state index contributed by atoms with van der Waals surface area (Å²) in [6, 6.07) is 3.07. The van der Waals surface area contributed by atoms with Gasteiger partial charge < -0.3 is 9.88 Å². The molecule has 1 unspecified atom stereocenters. The highest BCUT2D eigenvalue weighted by molar-refractivity contribution is 9.10.